The van der Waals surface area contributed by atoms with Gasteiger partial charge in [-0.15, -0.1) is 0 Å². The third-order valence-electron chi connectivity index (χ3n) is 1.80. The maximum Gasteiger partial charge on any atom is 0.338 e. The lowest BCUT2D eigenvalue weighted by Gasteiger charge is -2.10. The lowest BCUT2D eigenvalue weighted by Crippen LogP contribution is -2.13. The topological polar surface area (TPSA) is 96.4 Å². The van der Waals surface area contributed by atoms with E-state index >= 15 is 0 Å². The third kappa shape index (κ3) is 2.01. The number of nitrogens with zero attached hydrogens (tertiary/aromatic N) is 1. The second kappa shape index (κ2) is 4.18. The van der Waals surface area contributed by atoms with E-state index in [1.54, 1.807) is 0 Å². The summed E-state index contributed by atoms with van der Waals surface area (Å²) in [6.45, 7) is -0.290. The molecular formula is C8H8F2N2O3. The molecule has 0 saturated carbocycles. The van der Waals surface area contributed by atoms with Crippen molar-refractivity contribution in [3.8, 4) is 5.75 Å². The molecule has 1 heterocycles. The molecule has 0 unspecified atom stereocenters. The number of aromatic nitrogens is 1. The number of hydrogen-bond donors (Lipinski definition) is 3. The van der Waals surface area contributed by atoms with E-state index in [4.69, 9.17) is 15.9 Å². The maximum absolute atomic E-state index is 12.5. The predicted molar refractivity (Wildman–Crippen MR) is 45.7 cm³/mol. The first-order valence-corrected chi connectivity index (χ1v) is 3.91. The lowest BCUT2D eigenvalue weighted by molar-refractivity contribution is 0.0680. The van der Waals surface area contributed by atoms with E-state index in [9.17, 15) is 13.6 Å². The molecule has 7 heteroatoms. The van der Waals surface area contributed by atoms with E-state index in [1.165, 1.54) is 0 Å². The molecule has 0 aromatic carbocycles. The van der Waals surface area contributed by atoms with Crippen molar-refractivity contribution in [3.63, 3.8) is 0 Å². The van der Waals surface area contributed by atoms with Gasteiger partial charge in [-0.25, -0.2) is 13.6 Å². The van der Waals surface area contributed by atoms with Crippen LogP contribution in [0.15, 0.2) is 6.20 Å². The Morgan fingerprint density at radius 2 is 2.20 bits per heavy atom. The summed E-state index contributed by atoms with van der Waals surface area (Å²) < 4.78 is 24.9. The minimum absolute atomic E-state index is 0.185. The zero-order valence-electron chi connectivity index (χ0n) is 7.44. The maximum atomic E-state index is 12.5. The molecule has 0 aliphatic carbocycles. The first kappa shape index (κ1) is 11.3. The Hall–Kier alpha value is -1.76. The van der Waals surface area contributed by atoms with Gasteiger partial charge in [0.15, 0.2) is 0 Å². The molecule has 0 fully saturated rings. The standard InChI is InChI=1S/C8H8F2N2O3/c9-7(10)6-4(13)2-12-3(1-11)5(6)8(14)15/h2,7,13H,1,11H2,(H,14,15). The van der Waals surface area contributed by atoms with Crippen LogP contribution >= 0.6 is 0 Å². The van der Waals surface area contributed by atoms with E-state index in [1.807, 2.05) is 0 Å². The average Bonchev–Trinajstić information content (AvgIpc) is 2.16. The lowest BCUT2D eigenvalue weighted by atomic mass is 10.1. The van der Waals surface area contributed by atoms with Crippen LogP contribution in [0.2, 0.25) is 0 Å². The number of hydrogen-bond acceptors (Lipinski definition) is 4. The van der Waals surface area contributed by atoms with Gasteiger partial charge >= 0.3 is 5.97 Å². The largest absolute Gasteiger partial charge is 0.506 e. The molecule has 0 aliphatic heterocycles. The molecule has 0 radical (unpaired) electrons. The van der Waals surface area contributed by atoms with Gasteiger partial charge in [0, 0.05) is 6.54 Å². The second-order valence-corrected chi connectivity index (χ2v) is 2.69. The van der Waals surface area contributed by atoms with E-state index in [2.05, 4.69) is 4.98 Å². The number of aromatic carboxylic acids is 1. The van der Waals surface area contributed by atoms with Gasteiger partial charge in [-0.05, 0) is 0 Å². The highest BCUT2D eigenvalue weighted by molar-refractivity contribution is 5.91. The van der Waals surface area contributed by atoms with Crippen molar-refractivity contribution in [3.05, 3.63) is 23.0 Å². The molecule has 1 aromatic heterocycles. The van der Waals surface area contributed by atoms with Crippen molar-refractivity contribution >= 4 is 5.97 Å². The van der Waals surface area contributed by atoms with Gasteiger partial charge < -0.3 is 15.9 Å². The van der Waals surface area contributed by atoms with Crippen LogP contribution in [-0.2, 0) is 6.54 Å². The molecule has 1 aromatic rings. The highest BCUT2D eigenvalue weighted by Gasteiger charge is 2.25. The Morgan fingerprint density at radius 1 is 1.60 bits per heavy atom. The number of carbonyl (C=O) groups is 1. The Labute approximate surface area is 83.2 Å². The number of nitrogens with two attached hydrogens (primary N) is 1. The van der Waals surface area contributed by atoms with Crippen LogP contribution < -0.4 is 5.73 Å². The number of pyridine rings is 1. The zero-order chi connectivity index (χ0) is 11.6. The Balaban J connectivity index is 3.51. The van der Waals surface area contributed by atoms with Crippen LogP contribution in [0.1, 0.15) is 28.0 Å². The van der Waals surface area contributed by atoms with E-state index < -0.39 is 29.3 Å². The number of aromatic hydroxyl groups is 1. The van der Waals surface area contributed by atoms with Gasteiger partial charge in [0.25, 0.3) is 6.43 Å². The first-order valence-electron chi connectivity index (χ1n) is 3.91. The van der Waals surface area contributed by atoms with Crippen molar-refractivity contribution in [1.29, 1.82) is 0 Å². The SMILES string of the molecule is NCc1ncc(O)c(C(F)F)c1C(=O)O. The molecule has 4 N–H and O–H groups in total. The molecule has 5 nitrogen and oxygen atoms in total. The summed E-state index contributed by atoms with van der Waals surface area (Å²) in [5.41, 5.74) is 3.30. The van der Waals surface area contributed by atoms with Crippen LogP contribution in [0.3, 0.4) is 0 Å². The van der Waals surface area contributed by atoms with Crippen LogP contribution in [-0.4, -0.2) is 21.2 Å². The molecule has 0 saturated heterocycles. The molecule has 0 bridgehead atoms. The van der Waals surface area contributed by atoms with Gasteiger partial charge in [-0.3, -0.25) is 4.98 Å². The molecular weight excluding hydrogens is 210 g/mol. The predicted octanol–water partition coefficient (Wildman–Crippen LogP) is 0.882. The summed E-state index contributed by atoms with van der Waals surface area (Å²) in [7, 11) is 0. The fourth-order valence-corrected chi connectivity index (χ4v) is 1.17. The van der Waals surface area contributed by atoms with Crippen LogP contribution in [0.5, 0.6) is 5.75 Å². The van der Waals surface area contributed by atoms with Gasteiger partial charge in [0.05, 0.1) is 23.0 Å². The Bertz CT molecular complexity index is 396. The minimum atomic E-state index is -3.09. The summed E-state index contributed by atoms with van der Waals surface area (Å²) >= 11 is 0. The highest BCUT2D eigenvalue weighted by atomic mass is 19.3. The Kier molecular flexibility index (Phi) is 3.15. The number of carboxylic acid groups (broad SMARTS) is 1. The Morgan fingerprint density at radius 3 is 2.60 bits per heavy atom. The molecule has 82 valence electrons. The quantitative estimate of drug-likeness (QED) is 0.699. The van der Waals surface area contributed by atoms with Crippen molar-refractivity contribution in [2.24, 2.45) is 5.73 Å². The van der Waals surface area contributed by atoms with Crippen molar-refractivity contribution < 1.29 is 23.8 Å². The van der Waals surface area contributed by atoms with Gasteiger partial charge in [-0.2, -0.15) is 0 Å². The summed E-state index contributed by atoms with van der Waals surface area (Å²) in [5.74, 6) is -2.44. The van der Waals surface area contributed by atoms with E-state index in [-0.39, 0.29) is 12.2 Å². The molecule has 0 amide bonds. The normalized spacial score (nSPS) is 10.7. The first-order chi connectivity index (χ1) is 6.99. The summed E-state index contributed by atoms with van der Waals surface area (Å²) in [6.07, 6.45) is -2.33. The fourth-order valence-electron chi connectivity index (χ4n) is 1.17. The summed E-state index contributed by atoms with van der Waals surface area (Å²) in [6, 6.07) is 0. The molecule has 1 rings (SSSR count). The van der Waals surface area contributed by atoms with Crippen LogP contribution in [0.4, 0.5) is 8.78 Å². The van der Waals surface area contributed by atoms with E-state index in [0.717, 1.165) is 6.20 Å². The number of carboxylic acids is 1. The minimum Gasteiger partial charge on any atom is -0.506 e. The van der Waals surface area contributed by atoms with Crippen molar-refractivity contribution in [1.82, 2.24) is 4.98 Å². The summed E-state index contributed by atoms with van der Waals surface area (Å²) in [4.78, 5) is 14.2. The molecule has 0 atom stereocenters. The number of halogens is 2. The number of alkyl halides is 2. The highest BCUT2D eigenvalue weighted by Crippen LogP contribution is 2.32. The van der Waals surface area contributed by atoms with Gasteiger partial charge in [0.1, 0.15) is 5.75 Å². The zero-order valence-corrected chi connectivity index (χ0v) is 7.44. The van der Waals surface area contributed by atoms with Gasteiger partial charge in [-0.1, -0.05) is 0 Å². The third-order valence-corrected chi connectivity index (χ3v) is 1.80. The fraction of sp³-hybridized carbons (Fsp3) is 0.250. The van der Waals surface area contributed by atoms with Crippen LogP contribution in [0, 0.1) is 0 Å². The second-order valence-electron chi connectivity index (χ2n) is 2.69. The summed E-state index contributed by atoms with van der Waals surface area (Å²) in [5, 5.41) is 17.8. The van der Waals surface area contributed by atoms with E-state index in [0.29, 0.717) is 0 Å². The number of rotatable bonds is 3. The molecule has 15 heavy (non-hydrogen) atoms. The average molecular weight is 218 g/mol. The smallest absolute Gasteiger partial charge is 0.338 e. The van der Waals surface area contributed by atoms with Crippen LogP contribution in [0.25, 0.3) is 0 Å². The van der Waals surface area contributed by atoms with Crippen molar-refractivity contribution in [2.45, 2.75) is 13.0 Å². The molecule has 0 spiro atoms. The monoisotopic (exact) mass is 218 g/mol. The molecule has 0 aliphatic rings. The van der Waals surface area contributed by atoms with Crippen molar-refractivity contribution in [2.75, 3.05) is 0 Å². The van der Waals surface area contributed by atoms with Gasteiger partial charge in [0.2, 0.25) is 0 Å².